The van der Waals surface area contributed by atoms with E-state index in [0.29, 0.717) is 31.9 Å². The molecule has 1 fully saturated rings. The monoisotopic (exact) mass is 313 g/mol. The lowest BCUT2D eigenvalue weighted by Gasteiger charge is -2.24. The molecular formula is C14H23N3O3S. The first-order chi connectivity index (χ1) is 10.1. The van der Waals surface area contributed by atoms with Crippen LogP contribution in [0.4, 0.5) is 5.69 Å². The van der Waals surface area contributed by atoms with Crippen molar-refractivity contribution in [1.82, 2.24) is 9.29 Å². The van der Waals surface area contributed by atoms with Crippen LogP contribution in [0.25, 0.3) is 0 Å². The van der Waals surface area contributed by atoms with Gasteiger partial charge in [0.15, 0.2) is 5.03 Å². The number of anilines is 1. The van der Waals surface area contributed by atoms with Crippen molar-refractivity contribution in [2.24, 2.45) is 0 Å². The Morgan fingerprint density at radius 3 is 2.90 bits per heavy atom. The van der Waals surface area contributed by atoms with Crippen LogP contribution in [0.1, 0.15) is 26.7 Å². The summed E-state index contributed by atoms with van der Waals surface area (Å²) >= 11 is 0. The molecular weight excluding hydrogens is 290 g/mol. The minimum atomic E-state index is -3.61. The van der Waals surface area contributed by atoms with Crippen LogP contribution < -0.4 is 5.32 Å². The van der Waals surface area contributed by atoms with E-state index in [2.05, 4.69) is 10.3 Å². The van der Waals surface area contributed by atoms with Crippen LogP contribution in [-0.4, -0.2) is 50.1 Å². The van der Waals surface area contributed by atoms with Crippen molar-refractivity contribution in [3.8, 4) is 0 Å². The Morgan fingerprint density at radius 1 is 1.48 bits per heavy atom. The Labute approximate surface area is 126 Å². The van der Waals surface area contributed by atoms with E-state index in [9.17, 15) is 8.42 Å². The van der Waals surface area contributed by atoms with E-state index < -0.39 is 10.0 Å². The van der Waals surface area contributed by atoms with Crippen LogP contribution in [0.3, 0.4) is 0 Å². The van der Waals surface area contributed by atoms with Gasteiger partial charge in [0, 0.05) is 32.4 Å². The standard InChI is InChI=1S/C14H23N3O3S/c1-3-15-13-8-5-9-16-14(13)21(18,19)17(4-2)11-12-7-6-10-20-12/h5,8-9,12,15H,3-4,6-7,10-11H2,1-2H3. The lowest BCUT2D eigenvalue weighted by molar-refractivity contribution is 0.0946. The first-order valence-electron chi connectivity index (χ1n) is 7.40. The molecule has 1 saturated heterocycles. The molecule has 2 heterocycles. The summed E-state index contributed by atoms with van der Waals surface area (Å²) in [6.07, 6.45) is 3.40. The topological polar surface area (TPSA) is 71.5 Å². The van der Waals surface area contributed by atoms with Crippen LogP contribution in [-0.2, 0) is 14.8 Å². The van der Waals surface area contributed by atoms with Crippen LogP contribution in [0.15, 0.2) is 23.4 Å². The highest BCUT2D eigenvalue weighted by Gasteiger charge is 2.30. The summed E-state index contributed by atoms with van der Waals surface area (Å²) < 4.78 is 32.6. The average Bonchev–Trinajstić information content (AvgIpc) is 2.98. The minimum Gasteiger partial charge on any atom is -0.383 e. The van der Waals surface area contributed by atoms with Gasteiger partial charge < -0.3 is 10.1 Å². The number of rotatable bonds is 7. The minimum absolute atomic E-state index is 0.00831. The highest BCUT2D eigenvalue weighted by atomic mass is 32.2. The second-order valence-corrected chi connectivity index (χ2v) is 6.83. The summed E-state index contributed by atoms with van der Waals surface area (Å²) in [5, 5.41) is 3.14. The normalized spacial score (nSPS) is 19.1. The van der Waals surface area contributed by atoms with Crippen LogP contribution in [0, 0.1) is 0 Å². The van der Waals surface area contributed by atoms with Crippen molar-refractivity contribution < 1.29 is 13.2 Å². The molecule has 118 valence electrons. The van der Waals surface area contributed by atoms with E-state index in [1.54, 1.807) is 12.1 Å². The highest BCUT2D eigenvalue weighted by molar-refractivity contribution is 7.89. The Bertz CT molecular complexity index is 556. The zero-order valence-corrected chi connectivity index (χ0v) is 13.4. The van der Waals surface area contributed by atoms with Crippen molar-refractivity contribution in [3.05, 3.63) is 18.3 Å². The lowest BCUT2D eigenvalue weighted by Crippen LogP contribution is -2.37. The second-order valence-electron chi connectivity index (χ2n) is 4.98. The first kappa shape index (κ1) is 16.2. The number of pyridine rings is 1. The third-order valence-corrected chi connectivity index (χ3v) is 5.41. The van der Waals surface area contributed by atoms with E-state index in [1.807, 2.05) is 13.8 Å². The van der Waals surface area contributed by atoms with Crippen LogP contribution >= 0.6 is 0 Å². The summed E-state index contributed by atoms with van der Waals surface area (Å²) in [5.74, 6) is 0. The SMILES string of the molecule is CCNc1cccnc1S(=O)(=O)N(CC)CC1CCCO1. The molecule has 21 heavy (non-hydrogen) atoms. The zero-order chi connectivity index (χ0) is 15.3. The number of ether oxygens (including phenoxy) is 1. The largest absolute Gasteiger partial charge is 0.383 e. The maximum absolute atomic E-state index is 12.8. The molecule has 1 aliphatic rings. The maximum atomic E-state index is 12.8. The fraction of sp³-hybridized carbons (Fsp3) is 0.643. The highest BCUT2D eigenvalue weighted by Crippen LogP contribution is 2.23. The quantitative estimate of drug-likeness (QED) is 0.829. The van der Waals surface area contributed by atoms with E-state index >= 15 is 0 Å². The zero-order valence-electron chi connectivity index (χ0n) is 12.6. The molecule has 0 aliphatic carbocycles. The fourth-order valence-corrected chi connectivity index (χ4v) is 4.02. The van der Waals surface area contributed by atoms with E-state index in [-0.39, 0.29) is 11.1 Å². The maximum Gasteiger partial charge on any atom is 0.262 e. The van der Waals surface area contributed by atoms with Gasteiger partial charge in [0.05, 0.1) is 11.8 Å². The molecule has 0 spiro atoms. The van der Waals surface area contributed by atoms with Crippen molar-refractivity contribution in [3.63, 3.8) is 0 Å². The number of hydrogen-bond donors (Lipinski definition) is 1. The van der Waals surface area contributed by atoms with Gasteiger partial charge in [0.1, 0.15) is 0 Å². The second kappa shape index (κ2) is 7.20. The third kappa shape index (κ3) is 3.72. The van der Waals surface area contributed by atoms with Crippen molar-refractivity contribution in [1.29, 1.82) is 0 Å². The number of aromatic nitrogens is 1. The van der Waals surface area contributed by atoms with Gasteiger partial charge in [0.2, 0.25) is 0 Å². The molecule has 6 nitrogen and oxygen atoms in total. The van der Waals surface area contributed by atoms with E-state index in [0.717, 1.165) is 12.8 Å². The molecule has 1 unspecified atom stereocenters. The van der Waals surface area contributed by atoms with Crippen molar-refractivity contribution >= 4 is 15.7 Å². The molecule has 1 aromatic rings. The molecule has 0 amide bonds. The first-order valence-corrected chi connectivity index (χ1v) is 8.84. The van der Waals surface area contributed by atoms with Gasteiger partial charge in [-0.3, -0.25) is 0 Å². The summed E-state index contributed by atoms with van der Waals surface area (Å²) in [7, 11) is -3.61. The van der Waals surface area contributed by atoms with E-state index in [4.69, 9.17) is 4.74 Å². The third-order valence-electron chi connectivity index (χ3n) is 3.51. The number of sulfonamides is 1. The molecule has 1 aliphatic heterocycles. The molecule has 0 bridgehead atoms. The molecule has 2 rings (SSSR count). The smallest absolute Gasteiger partial charge is 0.262 e. The molecule has 1 N–H and O–H groups in total. The number of likely N-dealkylation sites (N-methyl/N-ethyl adjacent to an activating group) is 1. The molecule has 1 atom stereocenters. The number of hydrogen-bond acceptors (Lipinski definition) is 5. The molecule has 7 heteroatoms. The van der Waals surface area contributed by atoms with Gasteiger partial charge in [0.25, 0.3) is 10.0 Å². The summed E-state index contributed by atoms with van der Waals surface area (Å²) in [5.41, 5.74) is 0.547. The van der Waals surface area contributed by atoms with Gasteiger partial charge in [-0.2, -0.15) is 4.31 Å². The Kier molecular flexibility index (Phi) is 5.55. The molecule has 0 saturated carbocycles. The lowest BCUT2D eigenvalue weighted by atomic mass is 10.2. The van der Waals surface area contributed by atoms with Crippen LogP contribution in [0.2, 0.25) is 0 Å². The summed E-state index contributed by atoms with van der Waals surface area (Å²) in [6, 6.07) is 3.47. The Balaban J connectivity index is 2.25. The van der Waals surface area contributed by atoms with Crippen LogP contribution in [0.5, 0.6) is 0 Å². The van der Waals surface area contributed by atoms with E-state index in [1.165, 1.54) is 10.5 Å². The fourth-order valence-electron chi connectivity index (χ4n) is 2.46. The van der Waals surface area contributed by atoms with Gasteiger partial charge in [-0.1, -0.05) is 6.92 Å². The van der Waals surface area contributed by atoms with Gasteiger partial charge in [-0.25, -0.2) is 13.4 Å². The van der Waals surface area contributed by atoms with Gasteiger partial charge in [-0.15, -0.1) is 0 Å². The predicted molar refractivity (Wildman–Crippen MR) is 81.8 cm³/mol. The number of nitrogens with one attached hydrogen (secondary N) is 1. The average molecular weight is 313 g/mol. The van der Waals surface area contributed by atoms with Crippen molar-refractivity contribution in [2.45, 2.75) is 37.8 Å². The summed E-state index contributed by atoms with van der Waals surface area (Å²) in [6.45, 7) is 5.92. The summed E-state index contributed by atoms with van der Waals surface area (Å²) in [4.78, 5) is 4.08. The molecule has 1 aromatic heterocycles. The van der Waals surface area contributed by atoms with Gasteiger partial charge in [-0.05, 0) is 31.9 Å². The molecule has 0 aromatic carbocycles. The molecule has 0 radical (unpaired) electrons. The number of nitrogens with zero attached hydrogens (tertiary/aromatic N) is 2. The Hall–Kier alpha value is -1.18. The Morgan fingerprint density at radius 2 is 2.29 bits per heavy atom. The van der Waals surface area contributed by atoms with Crippen molar-refractivity contribution in [2.75, 3.05) is 31.6 Å². The predicted octanol–water partition coefficient (Wildman–Crippen LogP) is 1.70. The van der Waals surface area contributed by atoms with Gasteiger partial charge >= 0.3 is 0 Å².